The molecule has 0 radical (unpaired) electrons. The minimum atomic E-state index is -0.518. The molecule has 2 aliphatic rings. The van der Waals surface area contributed by atoms with Crippen LogP contribution in [0.1, 0.15) is 58.1 Å². The lowest BCUT2D eigenvalue weighted by atomic mass is 10.1. The van der Waals surface area contributed by atoms with Crippen LogP contribution in [0, 0.1) is 0 Å². The molecule has 1 aromatic rings. The SMILES string of the molecule is CCC(Oc1ccc2c(c1)CCC2)C(=O)N1CCCN(C(=O)OC(C)(C)C)CC1. The van der Waals surface area contributed by atoms with E-state index >= 15 is 0 Å². The zero-order valence-corrected chi connectivity index (χ0v) is 18.2. The van der Waals surface area contributed by atoms with Gasteiger partial charge >= 0.3 is 6.09 Å². The van der Waals surface area contributed by atoms with Gasteiger partial charge in [0.15, 0.2) is 6.10 Å². The number of amides is 2. The molecule has 160 valence electrons. The summed E-state index contributed by atoms with van der Waals surface area (Å²) in [4.78, 5) is 29.0. The lowest BCUT2D eigenvalue weighted by Crippen LogP contribution is -2.44. The molecule has 0 bridgehead atoms. The van der Waals surface area contributed by atoms with Gasteiger partial charge < -0.3 is 19.3 Å². The quantitative estimate of drug-likeness (QED) is 0.769. The Bertz CT molecular complexity index is 741. The second-order valence-electron chi connectivity index (χ2n) is 8.95. The first kappa shape index (κ1) is 21.5. The van der Waals surface area contributed by atoms with Crippen LogP contribution in [-0.4, -0.2) is 59.7 Å². The average molecular weight is 403 g/mol. The summed E-state index contributed by atoms with van der Waals surface area (Å²) in [5.41, 5.74) is 2.22. The Morgan fingerprint density at radius 2 is 1.69 bits per heavy atom. The van der Waals surface area contributed by atoms with Gasteiger partial charge in [0.2, 0.25) is 0 Å². The molecule has 3 rings (SSSR count). The Labute approximate surface area is 174 Å². The third-order valence-electron chi connectivity index (χ3n) is 5.45. The molecule has 1 aliphatic carbocycles. The number of carbonyl (C=O) groups is 2. The highest BCUT2D eigenvalue weighted by Crippen LogP contribution is 2.27. The molecule has 6 nitrogen and oxygen atoms in total. The topological polar surface area (TPSA) is 59.1 Å². The number of aryl methyl sites for hydroxylation is 2. The van der Waals surface area contributed by atoms with Crippen LogP contribution in [0.2, 0.25) is 0 Å². The summed E-state index contributed by atoms with van der Waals surface area (Å²) in [6.07, 6.45) is 3.95. The largest absolute Gasteiger partial charge is 0.481 e. The molecule has 1 aliphatic heterocycles. The van der Waals surface area contributed by atoms with Crippen molar-refractivity contribution < 1.29 is 19.1 Å². The summed E-state index contributed by atoms with van der Waals surface area (Å²) < 4.78 is 11.6. The molecule has 1 fully saturated rings. The van der Waals surface area contributed by atoms with E-state index in [4.69, 9.17) is 9.47 Å². The van der Waals surface area contributed by atoms with E-state index in [1.807, 2.05) is 38.7 Å². The molecule has 0 aromatic heterocycles. The molecular weight excluding hydrogens is 368 g/mol. The molecule has 1 aromatic carbocycles. The molecule has 0 saturated carbocycles. The van der Waals surface area contributed by atoms with Crippen molar-refractivity contribution in [1.82, 2.24) is 9.80 Å². The van der Waals surface area contributed by atoms with E-state index in [1.165, 1.54) is 17.5 Å². The number of fused-ring (bicyclic) bond motifs is 1. The van der Waals surface area contributed by atoms with Gasteiger partial charge in [0, 0.05) is 26.2 Å². The Balaban J connectivity index is 1.59. The van der Waals surface area contributed by atoms with Gasteiger partial charge in [-0.1, -0.05) is 13.0 Å². The van der Waals surface area contributed by atoms with Gasteiger partial charge in [-0.15, -0.1) is 0 Å². The van der Waals surface area contributed by atoms with Crippen LogP contribution in [-0.2, 0) is 22.4 Å². The number of nitrogens with zero attached hydrogens (tertiary/aromatic N) is 2. The molecule has 1 heterocycles. The lowest BCUT2D eigenvalue weighted by Gasteiger charge is -2.27. The van der Waals surface area contributed by atoms with Crippen LogP contribution in [0.15, 0.2) is 18.2 Å². The highest BCUT2D eigenvalue weighted by molar-refractivity contribution is 5.81. The highest BCUT2D eigenvalue weighted by Gasteiger charge is 2.29. The summed E-state index contributed by atoms with van der Waals surface area (Å²) in [5.74, 6) is 0.773. The molecular formula is C23H34N2O4. The maximum Gasteiger partial charge on any atom is 0.410 e. The van der Waals surface area contributed by atoms with Crippen molar-refractivity contribution >= 4 is 12.0 Å². The minimum Gasteiger partial charge on any atom is -0.481 e. The molecule has 1 saturated heterocycles. The van der Waals surface area contributed by atoms with Gasteiger partial charge in [-0.05, 0) is 76.1 Å². The van der Waals surface area contributed by atoms with Crippen molar-refractivity contribution in [2.24, 2.45) is 0 Å². The van der Waals surface area contributed by atoms with E-state index in [1.54, 1.807) is 4.90 Å². The van der Waals surface area contributed by atoms with E-state index in [0.717, 1.165) is 25.0 Å². The third-order valence-corrected chi connectivity index (χ3v) is 5.45. The summed E-state index contributed by atoms with van der Waals surface area (Å²) in [7, 11) is 0. The Hall–Kier alpha value is -2.24. The summed E-state index contributed by atoms with van der Waals surface area (Å²) >= 11 is 0. The summed E-state index contributed by atoms with van der Waals surface area (Å²) in [6, 6.07) is 6.19. The zero-order valence-electron chi connectivity index (χ0n) is 18.2. The van der Waals surface area contributed by atoms with E-state index in [-0.39, 0.29) is 12.0 Å². The maximum atomic E-state index is 13.1. The zero-order chi connectivity index (χ0) is 21.0. The fourth-order valence-electron chi connectivity index (χ4n) is 3.94. The Morgan fingerprint density at radius 1 is 1.00 bits per heavy atom. The number of hydrogen-bond donors (Lipinski definition) is 0. The van der Waals surface area contributed by atoms with Crippen LogP contribution >= 0.6 is 0 Å². The standard InChI is InChI=1S/C23H34N2O4/c1-5-20(28-19-11-10-17-8-6-9-18(17)16-19)21(26)24-12-7-13-25(15-14-24)22(27)29-23(2,3)4/h10-11,16,20H,5-9,12-15H2,1-4H3. The average Bonchev–Trinajstić information content (AvgIpc) is 2.98. The van der Waals surface area contributed by atoms with Gasteiger partial charge in [-0.25, -0.2) is 4.79 Å². The number of benzene rings is 1. The van der Waals surface area contributed by atoms with Crippen LogP contribution in [0.25, 0.3) is 0 Å². The van der Waals surface area contributed by atoms with Crippen molar-refractivity contribution in [2.45, 2.75) is 71.5 Å². The number of rotatable bonds is 4. The van der Waals surface area contributed by atoms with Crippen molar-refractivity contribution in [1.29, 1.82) is 0 Å². The lowest BCUT2D eigenvalue weighted by molar-refractivity contribution is -0.138. The molecule has 6 heteroatoms. The van der Waals surface area contributed by atoms with E-state index in [2.05, 4.69) is 12.1 Å². The first-order chi connectivity index (χ1) is 13.8. The van der Waals surface area contributed by atoms with Gasteiger partial charge in [0.25, 0.3) is 5.91 Å². The number of carbonyl (C=O) groups excluding carboxylic acids is 2. The number of hydrogen-bond acceptors (Lipinski definition) is 4. The summed E-state index contributed by atoms with van der Waals surface area (Å²) in [5, 5.41) is 0. The van der Waals surface area contributed by atoms with E-state index in [9.17, 15) is 9.59 Å². The maximum absolute atomic E-state index is 13.1. The second-order valence-corrected chi connectivity index (χ2v) is 8.95. The van der Waals surface area contributed by atoms with Gasteiger partial charge in [0.1, 0.15) is 11.4 Å². The van der Waals surface area contributed by atoms with Crippen LogP contribution in [0.5, 0.6) is 5.75 Å². The summed E-state index contributed by atoms with van der Waals surface area (Å²) in [6.45, 7) is 9.77. The van der Waals surface area contributed by atoms with Gasteiger partial charge in [0.05, 0.1) is 0 Å². The Morgan fingerprint density at radius 3 is 2.41 bits per heavy atom. The normalized spacial score (nSPS) is 18.1. The monoisotopic (exact) mass is 402 g/mol. The van der Waals surface area contributed by atoms with Crippen molar-refractivity contribution in [3.63, 3.8) is 0 Å². The highest BCUT2D eigenvalue weighted by atomic mass is 16.6. The molecule has 29 heavy (non-hydrogen) atoms. The predicted octanol–water partition coefficient (Wildman–Crippen LogP) is 3.80. The van der Waals surface area contributed by atoms with Gasteiger partial charge in [-0.3, -0.25) is 4.79 Å². The molecule has 2 amide bonds. The van der Waals surface area contributed by atoms with Crippen LogP contribution in [0.4, 0.5) is 4.79 Å². The molecule has 1 unspecified atom stereocenters. The van der Waals surface area contributed by atoms with Crippen molar-refractivity contribution in [3.8, 4) is 5.75 Å². The fraction of sp³-hybridized carbons (Fsp3) is 0.652. The van der Waals surface area contributed by atoms with Gasteiger partial charge in [-0.2, -0.15) is 0 Å². The Kier molecular flexibility index (Phi) is 6.70. The molecule has 0 spiro atoms. The minimum absolute atomic E-state index is 0.000891. The van der Waals surface area contributed by atoms with Crippen molar-refractivity contribution in [2.75, 3.05) is 26.2 Å². The molecule has 0 N–H and O–H groups in total. The van der Waals surface area contributed by atoms with E-state index in [0.29, 0.717) is 32.6 Å². The fourth-order valence-corrected chi connectivity index (χ4v) is 3.94. The predicted molar refractivity (Wildman–Crippen MR) is 112 cm³/mol. The first-order valence-corrected chi connectivity index (χ1v) is 10.8. The van der Waals surface area contributed by atoms with E-state index < -0.39 is 11.7 Å². The van der Waals surface area contributed by atoms with Crippen LogP contribution in [0.3, 0.4) is 0 Å². The second kappa shape index (κ2) is 9.06. The number of ether oxygens (including phenoxy) is 2. The molecule has 1 atom stereocenters. The van der Waals surface area contributed by atoms with Crippen molar-refractivity contribution in [3.05, 3.63) is 29.3 Å². The smallest absolute Gasteiger partial charge is 0.410 e. The van der Waals surface area contributed by atoms with Crippen LogP contribution < -0.4 is 4.74 Å². The first-order valence-electron chi connectivity index (χ1n) is 10.8. The third kappa shape index (κ3) is 5.64.